The van der Waals surface area contributed by atoms with E-state index in [0.717, 1.165) is 33.1 Å². The minimum absolute atomic E-state index is 0.0490. The van der Waals surface area contributed by atoms with Crippen LogP contribution in [0.15, 0.2) is 21.1 Å². The van der Waals surface area contributed by atoms with Gasteiger partial charge in [0, 0.05) is 12.6 Å². The largest absolute Gasteiger partial charge is 0.492 e. The molecule has 1 heterocycles. The van der Waals surface area contributed by atoms with Crippen LogP contribution in [-0.4, -0.2) is 32.6 Å². The Morgan fingerprint density at radius 2 is 2.00 bits per heavy atom. The Balaban J connectivity index is 2.00. The van der Waals surface area contributed by atoms with Crippen molar-refractivity contribution in [1.82, 2.24) is 5.32 Å². The van der Waals surface area contributed by atoms with Crippen molar-refractivity contribution in [3.8, 4) is 5.75 Å². The highest BCUT2D eigenvalue weighted by molar-refractivity contribution is 9.11. The summed E-state index contributed by atoms with van der Waals surface area (Å²) in [4.78, 5) is 0. The van der Waals surface area contributed by atoms with E-state index in [-0.39, 0.29) is 11.8 Å². The van der Waals surface area contributed by atoms with Crippen molar-refractivity contribution < 1.29 is 13.2 Å². The maximum absolute atomic E-state index is 11.6. The highest BCUT2D eigenvalue weighted by atomic mass is 79.9. The van der Waals surface area contributed by atoms with Gasteiger partial charge in [-0.25, -0.2) is 8.42 Å². The number of halogens is 2. The molecule has 0 bridgehead atoms. The first-order chi connectivity index (χ1) is 9.91. The van der Waals surface area contributed by atoms with Crippen LogP contribution >= 0.6 is 31.9 Å². The predicted molar refractivity (Wildman–Crippen MR) is 91.5 cm³/mol. The molecular weight excluding hydrogens is 422 g/mol. The van der Waals surface area contributed by atoms with E-state index in [2.05, 4.69) is 37.2 Å². The summed E-state index contributed by atoms with van der Waals surface area (Å²) in [5.74, 6) is 1.36. The maximum atomic E-state index is 11.6. The molecule has 0 radical (unpaired) electrons. The molecule has 1 N–H and O–H groups in total. The normalized spacial score (nSPS) is 21.2. The number of ether oxygens (including phenoxy) is 1. The quantitative estimate of drug-likeness (QED) is 0.763. The lowest BCUT2D eigenvalue weighted by atomic mass is 10.1. The van der Waals surface area contributed by atoms with Crippen LogP contribution in [0.5, 0.6) is 5.75 Å². The molecule has 1 aromatic carbocycles. The number of hydrogen-bond donors (Lipinski definition) is 1. The Morgan fingerprint density at radius 1 is 1.33 bits per heavy atom. The third-order valence-electron chi connectivity index (χ3n) is 3.40. The van der Waals surface area contributed by atoms with E-state index in [9.17, 15) is 8.42 Å². The van der Waals surface area contributed by atoms with E-state index in [0.29, 0.717) is 18.9 Å². The highest BCUT2D eigenvalue weighted by Crippen LogP contribution is 2.34. The number of rotatable bonds is 5. The topological polar surface area (TPSA) is 55.4 Å². The first kappa shape index (κ1) is 17.2. The number of nitrogens with one attached hydrogen (secondary N) is 1. The number of benzene rings is 1. The third kappa shape index (κ3) is 4.94. The standard InChI is InChI=1S/C14H19Br2NO3S/c1-2-20-14-12(15)6-10(7-13(14)16)8-17-11-4-3-5-21(18,19)9-11/h6-7,11,17H,2-5,8-9H2,1H3. The lowest BCUT2D eigenvalue weighted by Crippen LogP contribution is -2.39. The first-order valence-corrected chi connectivity index (χ1v) is 10.4. The van der Waals surface area contributed by atoms with Gasteiger partial charge in [0.2, 0.25) is 0 Å². The fraction of sp³-hybridized carbons (Fsp3) is 0.571. The van der Waals surface area contributed by atoms with E-state index in [4.69, 9.17) is 4.74 Å². The summed E-state index contributed by atoms with van der Waals surface area (Å²) in [6.45, 7) is 3.19. The Hall–Kier alpha value is -0.110. The Bertz CT molecular complexity index is 581. The van der Waals surface area contributed by atoms with Crippen LogP contribution in [-0.2, 0) is 16.4 Å². The van der Waals surface area contributed by atoms with E-state index in [1.165, 1.54) is 0 Å². The molecule has 0 amide bonds. The van der Waals surface area contributed by atoms with Gasteiger partial charge in [-0.05, 0) is 69.3 Å². The Labute approximate surface area is 142 Å². The minimum atomic E-state index is -2.87. The predicted octanol–water partition coefficient (Wildman–Crippen LogP) is 3.28. The molecule has 1 unspecified atom stereocenters. The van der Waals surface area contributed by atoms with Gasteiger partial charge in [-0.3, -0.25) is 0 Å². The molecule has 4 nitrogen and oxygen atoms in total. The fourth-order valence-corrected chi connectivity index (χ4v) is 5.62. The summed E-state index contributed by atoms with van der Waals surface area (Å²) < 4.78 is 30.6. The molecule has 1 fully saturated rings. The van der Waals surface area contributed by atoms with Crippen LogP contribution in [0.4, 0.5) is 0 Å². The summed E-state index contributed by atoms with van der Waals surface area (Å²) in [5.41, 5.74) is 1.08. The molecular formula is C14H19Br2NO3S. The summed E-state index contributed by atoms with van der Waals surface area (Å²) in [7, 11) is -2.87. The molecule has 1 aliphatic heterocycles. The molecule has 1 atom stereocenters. The fourth-order valence-electron chi connectivity index (χ4n) is 2.44. The SMILES string of the molecule is CCOc1c(Br)cc(CNC2CCCS(=O)(=O)C2)cc1Br. The number of sulfone groups is 1. The molecule has 0 spiro atoms. The monoisotopic (exact) mass is 439 g/mol. The third-order valence-corrected chi connectivity index (χ3v) is 6.40. The van der Waals surface area contributed by atoms with E-state index >= 15 is 0 Å². The van der Waals surface area contributed by atoms with Crippen LogP contribution in [0.3, 0.4) is 0 Å². The Morgan fingerprint density at radius 3 is 2.57 bits per heavy atom. The molecule has 1 saturated heterocycles. The second-order valence-corrected chi connectivity index (χ2v) is 9.09. The molecule has 7 heteroatoms. The van der Waals surface area contributed by atoms with Crippen molar-refractivity contribution in [2.45, 2.75) is 32.4 Å². The van der Waals surface area contributed by atoms with Gasteiger partial charge in [0.1, 0.15) is 5.75 Å². The van der Waals surface area contributed by atoms with Gasteiger partial charge in [-0.15, -0.1) is 0 Å². The van der Waals surface area contributed by atoms with Crippen LogP contribution in [0, 0.1) is 0 Å². The van der Waals surface area contributed by atoms with Gasteiger partial charge in [0.05, 0.1) is 27.1 Å². The van der Waals surface area contributed by atoms with E-state index < -0.39 is 9.84 Å². The minimum Gasteiger partial charge on any atom is -0.492 e. The van der Waals surface area contributed by atoms with Crippen LogP contribution in [0.2, 0.25) is 0 Å². The lowest BCUT2D eigenvalue weighted by molar-refractivity contribution is 0.336. The van der Waals surface area contributed by atoms with Crippen molar-refractivity contribution in [2.24, 2.45) is 0 Å². The molecule has 1 aromatic rings. The van der Waals surface area contributed by atoms with E-state index in [1.807, 2.05) is 19.1 Å². The zero-order valence-electron chi connectivity index (χ0n) is 11.9. The van der Waals surface area contributed by atoms with Gasteiger partial charge < -0.3 is 10.1 Å². The maximum Gasteiger partial charge on any atom is 0.151 e. The summed E-state index contributed by atoms with van der Waals surface area (Å²) in [6.07, 6.45) is 1.66. The molecule has 118 valence electrons. The van der Waals surface area contributed by atoms with Crippen molar-refractivity contribution in [3.63, 3.8) is 0 Å². The lowest BCUT2D eigenvalue weighted by Gasteiger charge is -2.23. The van der Waals surface area contributed by atoms with Crippen LogP contribution < -0.4 is 10.1 Å². The van der Waals surface area contributed by atoms with Crippen LogP contribution in [0.1, 0.15) is 25.3 Å². The molecule has 0 saturated carbocycles. The highest BCUT2D eigenvalue weighted by Gasteiger charge is 2.24. The average Bonchev–Trinajstić information content (AvgIpc) is 2.39. The summed E-state index contributed by atoms with van der Waals surface area (Å²) in [6, 6.07) is 4.05. The molecule has 21 heavy (non-hydrogen) atoms. The molecule has 2 rings (SSSR count). The van der Waals surface area contributed by atoms with Crippen LogP contribution in [0.25, 0.3) is 0 Å². The second-order valence-electron chi connectivity index (χ2n) is 5.16. The molecule has 0 aromatic heterocycles. The first-order valence-electron chi connectivity index (χ1n) is 6.96. The van der Waals surface area contributed by atoms with Crippen molar-refractivity contribution in [1.29, 1.82) is 0 Å². The van der Waals surface area contributed by atoms with Gasteiger partial charge >= 0.3 is 0 Å². The van der Waals surface area contributed by atoms with E-state index in [1.54, 1.807) is 0 Å². The van der Waals surface area contributed by atoms with Crippen molar-refractivity contribution in [3.05, 3.63) is 26.6 Å². The zero-order chi connectivity index (χ0) is 15.5. The van der Waals surface area contributed by atoms with Gasteiger partial charge in [0.25, 0.3) is 0 Å². The molecule has 1 aliphatic rings. The zero-order valence-corrected chi connectivity index (χ0v) is 15.9. The summed E-state index contributed by atoms with van der Waals surface area (Å²) >= 11 is 7.01. The second kappa shape index (κ2) is 7.44. The smallest absolute Gasteiger partial charge is 0.151 e. The summed E-state index contributed by atoms with van der Waals surface area (Å²) in [5, 5.41) is 3.34. The number of hydrogen-bond acceptors (Lipinski definition) is 4. The van der Waals surface area contributed by atoms with Gasteiger partial charge in [-0.1, -0.05) is 0 Å². The van der Waals surface area contributed by atoms with Gasteiger partial charge in [-0.2, -0.15) is 0 Å². The average molecular weight is 441 g/mol. The van der Waals surface area contributed by atoms with Gasteiger partial charge in [0.15, 0.2) is 9.84 Å². The van der Waals surface area contributed by atoms with Crippen molar-refractivity contribution in [2.75, 3.05) is 18.1 Å². The molecule has 0 aliphatic carbocycles. The Kier molecular flexibility index (Phi) is 6.11. The van der Waals surface area contributed by atoms with Crippen molar-refractivity contribution >= 4 is 41.7 Å².